The van der Waals surface area contributed by atoms with Gasteiger partial charge in [0.25, 0.3) is 5.91 Å². The molecule has 1 N–H and O–H groups in total. The summed E-state index contributed by atoms with van der Waals surface area (Å²) in [5.41, 5.74) is 0. The number of rotatable bonds is 4. The SMILES string of the molecule is O=C(NCC1CCN([C@H]2CCOC2)CC1)c1cc2ccccc2s1. The molecule has 0 aliphatic carbocycles. The summed E-state index contributed by atoms with van der Waals surface area (Å²) < 4.78 is 6.67. The lowest BCUT2D eigenvalue weighted by Gasteiger charge is -2.35. The number of likely N-dealkylation sites (tertiary alicyclic amines) is 1. The molecule has 5 heteroatoms. The van der Waals surface area contributed by atoms with Crippen molar-refractivity contribution in [3.05, 3.63) is 35.2 Å². The third-order valence-corrected chi connectivity index (χ3v) is 6.39. The van der Waals surface area contributed by atoms with Gasteiger partial charge in [0.1, 0.15) is 0 Å². The van der Waals surface area contributed by atoms with Crippen LogP contribution in [0.2, 0.25) is 0 Å². The first-order valence-electron chi connectivity index (χ1n) is 8.88. The van der Waals surface area contributed by atoms with Crippen LogP contribution in [0.3, 0.4) is 0 Å². The Morgan fingerprint density at radius 2 is 2.08 bits per heavy atom. The van der Waals surface area contributed by atoms with Gasteiger partial charge in [-0.15, -0.1) is 11.3 Å². The van der Waals surface area contributed by atoms with Crippen molar-refractivity contribution in [2.75, 3.05) is 32.8 Å². The number of nitrogens with one attached hydrogen (secondary N) is 1. The van der Waals surface area contributed by atoms with Crippen LogP contribution in [-0.2, 0) is 4.74 Å². The molecule has 1 aromatic carbocycles. The van der Waals surface area contributed by atoms with E-state index >= 15 is 0 Å². The normalized spacial score (nSPS) is 22.9. The molecular weight excluding hydrogens is 320 g/mol. The van der Waals surface area contributed by atoms with Crippen LogP contribution < -0.4 is 5.32 Å². The lowest BCUT2D eigenvalue weighted by molar-refractivity contribution is 0.0915. The average molecular weight is 344 g/mol. The fraction of sp³-hybridized carbons (Fsp3) is 0.526. The minimum atomic E-state index is 0.0721. The minimum absolute atomic E-state index is 0.0721. The second-order valence-electron chi connectivity index (χ2n) is 6.86. The average Bonchev–Trinajstić information content (AvgIpc) is 3.29. The van der Waals surface area contributed by atoms with E-state index in [-0.39, 0.29) is 5.91 Å². The summed E-state index contributed by atoms with van der Waals surface area (Å²) in [7, 11) is 0. The smallest absolute Gasteiger partial charge is 0.261 e. The van der Waals surface area contributed by atoms with Crippen molar-refractivity contribution in [1.82, 2.24) is 10.2 Å². The van der Waals surface area contributed by atoms with E-state index in [4.69, 9.17) is 4.74 Å². The van der Waals surface area contributed by atoms with E-state index < -0.39 is 0 Å². The number of amides is 1. The van der Waals surface area contributed by atoms with E-state index in [9.17, 15) is 4.79 Å². The van der Waals surface area contributed by atoms with Crippen LogP contribution in [0.5, 0.6) is 0 Å². The highest BCUT2D eigenvalue weighted by atomic mass is 32.1. The third kappa shape index (κ3) is 3.48. The Morgan fingerprint density at radius 3 is 2.83 bits per heavy atom. The number of fused-ring (bicyclic) bond motifs is 1. The van der Waals surface area contributed by atoms with Gasteiger partial charge in [-0.25, -0.2) is 0 Å². The summed E-state index contributed by atoms with van der Waals surface area (Å²) in [6, 6.07) is 10.8. The van der Waals surface area contributed by atoms with Crippen molar-refractivity contribution in [3.8, 4) is 0 Å². The second kappa shape index (κ2) is 7.21. The zero-order valence-corrected chi connectivity index (χ0v) is 14.7. The molecule has 2 aliphatic rings. The van der Waals surface area contributed by atoms with Crippen LogP contribution in [0.1, 0.15) is 28.9 Å². The van der Waals surface area contributed by atoms with Gasteiger partial charge in [-0.3, -0.25) is 9.69 Å². The van der Waals surface area contributed by atoms with Gasteiger partial charge in [0, 0.05) is 23.9 Å². The topological polar surface area (TPSA) is 41.6 Å². The largest absolute Gasteiger partial charge is 0.380 e. The van der Waals surface area contributed by atoms with E-state index in [1.807, 2.05) is 18.2 Å². The molecule has 4 rings (SSSR count). The van der Waals surface area contributed by atoms with E-state index in [0.717, 1.165) is 43.1 Å². The Labute approximate surface area is 146 Å². The van der Waals surface area contributed by atoms with Crippen molar-refractivity contribution < 1.29 is 9.53 Å². The predicted molar refractivity (Wildman–Crippen MR) is 97.7 cm³/mol. The number of thiophene rings is 1. The number of hydrogen-bond acceptors (Lipinski definition) is 4. The molecule has 0 unspecified atom stereocenters. The van der Waals surface area contributed by atoms with Crippen LogP contribution in [0.25, 0.3) is 10.1 Å². The summed E-state index contributed by atoms with van der Waals surface area (Å²) in [4.78, 5) is 15.8. The number of hydrogen-bond donors (Lipinski definition) is 1. The van der Waals surface area contributed by atoms with Gasteiger partial charge in [0.15, 0.2) is 0 Å². The Hall–Kier alpha value is -1.43. The Kier molecular flexibility index (Phi) is 4.83. The Morgan fingerprint density at radius 1 is 1.25 bits per heavy atom. The molecule has 0 spiro atoms. The summed E-state index contributed by atoms with van der Waals surface area (Å²) in [6.45, 7) is 4.88. The molecule has 1 amide bonds. The summed E-state index contributed by atoms with van der Waals surface area (Å²) in [5, 5.41) is 4.29. The monoisotopic (exact) mass is 344 g/mol. The van der Waals surface area contributed by atoms with Crippen molar-refractivity contribution >= 4 is 27.3 Å². The first kappa shape index (κ1) is 16.1. The lowest BCUT2D eigenvalue weighted by atomic mass is 9.95. The van der Waals surface area contributed by atoms with E-state index in [1.165, 1.54) is 24.0 Å². The number of ether oxygens (including phenoxy) is 1. The first-order valence-corrected chi connectivity index (χ1v) is 9.70. The molecule has 4 nitrogen and oxygen atoms in total. The molecular formula is C19H24N2O2S. The second-order valence-corrected chi connectivity index (χ2v) is 7.94. The van der Waals surface area contributed by atoms with Gasteiger partial charge in [0.2, 0.25) is 0 Å². The maximum atomic E-state index is 12.4. The number of carbonyl (C=O) groups excluding carboxylic acids is 1. The van der Waals surface area contributed by atoms with Crippen LogP contribution in [0.15, 0.2) is 30.3 Å². The molecule has 2 aliphatic heterocycles. The minimum Gasteiger partial charge on any atom is -0.380 e. The molecule has 0 bridgehead atoms. The van der Waals surface area contributed by atoms with Crippen molar-refractivity contribution in [3.63, 3.8) is 0 Å². The van der Waals surface area contributed by atoms with Crippen molar-refractivity contribution in [1.29, 1.82) is 0 Å². The Bertz CT molecular complexity index is 667. The molecule has 2 aromatic rings. The zero-order chi connectivity index (χ0) is 16.4. The highest BCUT2D eigenvalue weighted by molar-refractivity contribution is 7.20. The number of carbonyl (C=O) groups is 1. The highest BCUT2D eigenvalue weighted by Gasteiger charge is 2.27. The summed E-state index contributed by atoms with van der Waals surface area (Å²) >= 11 is 1.58. The predicted octanol–water partition coefficient (Wildman–Crippen LogP) is 3.13. The zero-order valence-electron chi connectivity index (χ0n) is 13.9. The van der Waals surface area contributed by atoms with Gasteiger partial charge < -0.3 is 10.1 Å². The molecule has 3 heterocycles. The fourth-order valence-corrected chi connectivity index (χ4v) is 4.73. The van der Waals surface area contributed by atoms with Gasteiger partial charge in [-0.1, -0.05) is 18.2 Å². The van der Waals surface area contributed by atoms with Crippen LogP contribution >= 0.6 is 11.3 Å². The van der Waals surface area contributed by atoms with Crippen LogP contribution in [-0.4, -0.2) is 49.7 Å². The van der Waals surface area contributed by atoms with Crippen LogP contribution in [0.4, 0.5) is 0 Å². The standard InChI is InChI=1S/C19H24N2O2S/c22-19(18-11-15-3-1-2-4-17(15)24-18)20-12-14-5-8-21(9-6-14)16-7-10-23-13-16/h1-4,11,14,16H,5-10,12-13H2,(H,20,22)/t16-/m0/s1. The fourth-order valence-electron chi connectivity index (χ4n) is 3.75. The molecule has 2 saturated heterocycles. The van der Waals surface area contributed by atoms with E-state index in [2.05, 4.69) is 22.3 Å². The molecule has 128 valence electrons. The Balaban J connectivity index is 1.27. The molecule has 1 aromatic heterocycles. The van der Waals surface area contributed by atoms with Gasteiger partial charge in [0.05, 0.1) is 11.5 Å². The summed E-state index contributed by atoms with van der Waals surface area (Å²) in [5.74, 6) is 0.671. The van der Waals surface area contributed by atoms with Crippen molar-refractivity contribution in [2.24, 2.45) is 5.92 Å². The third-order valence-electron chi connectivity index (χ3n) is 5.27. The quantitative estimate of drug-likeness (QED) is 0.926. The number of nitrogens with zero attached hydrogens (tertiary/aromatic N) is 1. The molecule has 0 saturated carbocycles. The van der Waals surface area contributed by atoms with Gasteiger partial charge in [-0.2, -0.15) is 0 Å². The highest BCUT2D eigenvalue weighted by Crippen LogP contribution is 2.26. The lowest BCUT2D eigenvalue weighted by Crippen LogP contribution is -2.43. The van der Waals surface area contributed by atoms with E-state index in [1.54, 1.807) is 11.3 Å². The van der Waals surface area contributed by atoms with Crippen molar-refractivity contribution in [2.45, 2.75) is 25.3 Å². The molecule has 2 fully saturated rings. The molecule has 24 heavy (non-hydrogen) atoms. The summed E-state index contributed by atoms with van der Waals surface area (Å²) in [6.07, 6.45) is 3.51. The first-order chi connectivity index (χ1) is 11.8. The number of benzene rings is 1. The maximum absolute atomic E-state index is 12.4. The van der Waals surface area contributed by atoms with Gasteiger partial charge >= 0.3 is 0 Å². The molecule has 1 atom stereocenters. The van der Waals surface area contributed by atoms with Gasteiger partial charge in [-0.05, 0) is 55.8 Å². The maximum Gasteiger partial charge on any atom is 0.261 e. The van der Waals surface area contributed by atoms with E-state index in [0.29, 0.717) is 12.0 Å². The number of piperidine rings is 1. The van der Waals surface area contributed by atoms with Crippen LogP contribution in [0, 0.1) is 5.92 Å². The molecule has 0 radical (unpaired) electrons.